The van der Waals surface area contributed by atoms with Crippen LogP contribution in [0.4, 0.5) is 0 Å². The van der Waals surface area contributed by atoms with Crippen molar-refractivity contribution < 1.29 is 0 Å². The summed E-state index contributed by atoms with van der Waals surface area (Å²) in [6.07, 6.45) is 0.787. The van der Waals surface area contributed by atoms with E-state index >= 15 is 0 Å². The topological polar surface area (TPSA) is 30.7 Å². The SMILES string of the molecule is Cc1ccc(-n2c(C)nnc2Cc2ccccc2)cc1. The number of aromatic nitrogens is 3. The molecule has 2 aromatic carbocycles. The van der Waals surface area contributed by atoms with E-state index in [0.29, 0.717) is 0 Å². The molecule has 3 aromatic rings. The van der Waals surface area contributed by atoms with E-state index in [-0.39, 0.29) is 0 Å². The lowest BCUT2D eigenvalue weighted by Gasteiger charge is -2.09. The molecule has 0 radical (unpaired) electrons. The summed E-state index contributed by atoms with van der Waals surface area (Å²) in [5, 5.41) is 8.55. The average molecular weight is 263 g/mol. The fourth-order valence-corrected chi connectivity index (χ4v) is 2.33. The monoisotopic (exact) mass is 263 g/mol. The van der Waals surface area contributed by atoms with E-state index in [1.807, 2.05) is 13.0 Å². The lowest BCUT2D eigenvalue weighted by Crippen LogP contribution is -2.04. The van der Waals surface area contributed by atoms with E-state index in [9.17, 15) is 0 Å². The first-order valence-corrected chi connectivity index (χ1v) is 6.76. The smallest absolute Gasteiger partial charge is 0.142 e. The minimum atomic E-state index is 0.787. The van der Waals surface area contributed by atoms with E-state index in [2.05, 4.69) is 70.2 Å². The number of aryl methyl sites for hydroxylation is 2. The lowest BCUT2D eigenvalue weighted by molar-refractivity contribution is 0.891. The van der Waals surface area contributed by atoms with Crippen LogP contribution < -0.4 is 0 Å². The molecule has 1 aromatic heterocycles. The van der Waals surface area contributed by atoms with Crippen molar-refractivity contribution in [3.63, 3.8) is 0 Å². The first-order chi connectivity index (χ1) is 9.74. The van der Waals surface area contributed by atoms with E-state index in [4.69, 9.17) is 0 Å². The Morgan fingerprint density at radius 1 is 0.850 bits per heavy atom. The molecule has 0 atom stereocenters. The van der Waals surface area contributed by atoms with E-state index in [1.165, 1.54) is 11.1 Å². The van der Waals surface area contributed by atoms with Crippen molar-refractivity contribution >= 4 is 0 Å². The van der Waals surface area contributed by atoms with Crippen molar-refractivity contribution in [1.29, 1.82) is 0 Å². The van der Waals surface area contributed by atoms with Crippen LogP contribution in [0.25, 0.3) is 5.69 Å². The second-order valence-electron chi connectivity index (χ2n) is 5.00. The van der Waals surface area contributed by atoms with Gasteiger partial charge in [-0.3, -0.25) is 4.57 Å². The Morgan fingerprint density at radius 2 is 1.55 bits per heavy atom. The first kappa shape index (κ1) is 12.6. The van der Waals surface area contributed by atoms with Gasteiger partial charge in [0.25, 0.3) is 0 Å². The summed E-state index contributed by atoms with van der Waals surface area (Å²) in [5.74, 6) is 1.89. The largest absolute Gasteiger partial charge is 0.283 e. The Balaban J connectivity index is 1.99. The first-order valence-electron chi connectivity index (χ1n) is 6.76. The zero-order chi connectivity index (χ0) is 13.9. The molecule has 0 bridgehead atoms. The molecule has 3 nitrogen and oxygen atoms in total. The molecule has 0 fully saturated rings. The van der Waals surface area contributed by atoms with Gasteiger partial charge in [-0.25, -0.2) is 0 Å². The Labute approximate surface area is 118 Å². The van der Waals surface area contributed by atoms with Gasteiger partial charge >= 0.3 is 0 Å². The van der Waals surface area contributed by atoms with Crippen LogP contribution in [0.3, 0.4) is 0 Å². The van der Waals surface area contributed by atoms with Crippen molar-refractivity contribution in [2.24, 2.45) is 0 Å². The summed E-state index contributed by atoms with van der Waals surface area (Å²) >= 11 is 0. The minimum Gasteiger partial charge on any atom is -0.283 e. The molecule has 100 valence electrons. The van der Waals surface area contributed by atoms with Gasteiger partial charge in [0.2, 0.25) is 0 Å². The van der Waals surface area contributed by atoms with Crippen molar-refractivity contribution in [2.75, 3.05) is 0 Å². The van der Waals surface area contributed by atoms with Crippen molar-refractivity contribution in [2.45, 2.75) is 20.3 Å². The van der Waals surface area contributed by atoms with Gasteiger partial charge in [0.15, 0.2) is 0 Å². The summed E-state index contributed by atoms with van der Waals surface area (Å²) in [5.41, 5.74) is 3.61. The van der Waals surface area contributed by atoms with Crippen LogP contribution in [0, 0.1) is 13.8 Å². The molecule has 0 unspecified atom stereocenters. The predicted octanol–water partition coefficient (Wildman–Crippen LogP) is 3.47. The molecule has 0 aliphatic heterocycles. The molecule has 0 saturated heterocycles. The fourth-order valence-electron chi connectivity index (χ4n) is 2.33. The molecule has 0 spiro atoms. The van der Waals surface area contributed by atoms with Gasteiger partial charge in [-0.15, -0.1) is 10.2 Å². The van der Waals surface area contributed by atoms with Crippen LogP contribution in [-0.4, -0.2) is 14.8 Å². The van der Waals surface area contributed by atoms with Gasteiger partial charge in [-0.05, 0) is 31.5 Å². The summed E-state index contributed by atoms with van der Waals surface area (Å²) in [6, 6.07) is 18.8. The van der Waals surface area contributed by atoms with Gasteiger partial charge in [0, 0.05) is 12.1 Å². The van der Waals surface area contributed by atoms with Gasteiger partial charge in [-0.1, -0.05) is 48.0 Å². The molecule has 3 rings (SSSR count). The molecule has 0 amide bonds. The maximum Gasteiger partial charge on any atom is 0.142 e. The van der Waals surface area contributed by atoms with Crippen LogP contribution in [0.15, 0.2) is 54.6 Å². The van der Waals surface area contributed by atoms with E-state index in [1.54, 1.807) is 0 Å². The Morgan fingerprint density at radius 3 is 2.25 bits per heavy atom. The number of rotatable bonds is 3. The quantitative estimate of drug-likeness (QED) is 0.724. The Hall–Kier alpha value is -2.42. The highest BCUT2D eigenvalue weighted by Gasteiger charge is 2.11. The molecule has 3 heteroatoms. The van der Waals surface area contributed by atoms with Crippen molar-refractivity contribution in [3.8, 4) is 5.69 Å². The molecule has 0 aliphatic carbocycles. The van der Waals surface area contributed by atoms with Crippen LogP contribution in [0.5, 0.6) is 0 Å². The predicted molar refractivity (Wildman–Crippen MR) is 80.1 cm³/mol. The van der Waals surface area contributed by atoms with Gasteiger partial charge in [0.1, 0.15) is 11.6 Å². The summed E-state index contributed by atoms with van der Waals surface area (Å²) in [4.78, 5) is 0. The fraction of sp³-hybridized carbons (Fsp3) is 0.176. The van der Waals surface area contributed by atoms with Crippen molar-refractivity contribution in [1.82, 2.24) is 14.8 Å². The third-order valence-corrected chi connectivity index (χ3v) is 3.39. The molecule has 0 saturated carbocycles. The van der Waals surface area contributed by atoms with Crippen LogP contribution in [0.2, 0.25) is 0 Å². The summed E-state index contributed by atoms with van der Waals surface area (Å²) < 4.78 is 2.12. The highest BCUT2D eigenvalue weighted by Crippen LogP contribution is 2.16. The molecule has 1 heterocycles. The standard InChI is InChI=1S/C17H17N3/c1-13-8-10-16(11-9-13)20-14(2)18-19-17(20)12-15-6-4-3-5-7-15/h3-11H,12H2,1-2H3. The van der Waals surface area contributed by atoms with Gasteiger partial charge in [0.05, 0.1) is 0 Å². The van der Waals surface area contributed by atoms with Crippen molar-refractivity contribution in [3.05, 3.63) is 77.4 Å². The molecular formula is C17H17N3. The second-order valence-corrected chi connectivity index (χ2v) is 5.00. The van der Waals surface area contributed by atoms with Gasteiger partial charge in [-0.2, -0.15) is 0 Å². The lowest BCUT2D eigenvalue weighted by atomic mass is 10.1. The van der Waals surface area contributed by atoms with Gasteiger partial charge < -0.3 is 0 Å². The third kappa shape index (κ3) is 2.48. The van der Waals surface area contributed by atoms with E-state index in [0.717, 1.165) is 23.8 Å². The number of hydrogen-bond acceptors (Lipinski definition) is 2. The average Bonchev–Trinajstić information content (AvgIpc) is 2.82. The highest BCUT2D eigenvalue weighted by molar-refractivity contribution is 5.37. The third-order valence-electron chi connectivity index (χ3n) is 3.39. The van der Waals surface area contributed by atoms with Crippen LogP contribution >= 0.6 is 0 Å². The number of hydrogen-bond donors (Lipinski definition) is 0. The second kappa shape index (κ2) is 5.29. The summed E-state index contributed by atoms with van der Waals surface area (Å²) in [7, 11) is 0. The maximum atomic E-state index is 4.32. The normalized spacial score (nSPS) is 10.7. The Bertz CT molecular complexity index is 697. The number of benzene rings is 2. The molecule has 0 N–H and O–H groups in total. The maximum absolute atomic E-state index is 4.32. The Kier molecular flexibility index (Phi) is 3.33. The number of nitrogens with zero attached hydrogens (tertiary/aromatic N) is 3. The molecule has 20 heavy (non-hydrogen) atoms. The van der Waals surface area contributed by atoms with Crippen LogP contribution in [-0.2, 0) is 6.42 Å². The minimum absolute atomic E-state index is 0.787. The zero-order valence-corrected chi connectivity index (χ0v) is 11.7. The molecule has 0 aliphatic rings. The van der Waals surface area contributed by atoms with Crippen LogP contribution in [0.1, 0.15) is 22.8 Å². The molecular weight excluding hydrogens is 246 g/mol. The highest BCUT2D eigenvalue weighted by atomic mass is 15.3. The summed E-state index contributed by atoms with van der Waals surface area (Å²) in [6.45, 7) is 4.08. The zero-order valence-electron chi connectivity index (χ0n) is 11.7. The van der Waals surface area contributed by atoms with E-state index < -0.39 is 0 Å².